The first-order valence-electron chi connectivity index (χ1n) is 6.94. The second-order valence-corrected chi connectivity index (χ2v) is 7.65. The van der Waals surface area contributed by atoms with Gasteiger partial charge in [0.2, 0.25) is 10.0 Å². The molecule has 0 bridgehead atoms. The molecular formula is C16H17Cl2NO3S. The predicted octanol–water partition coefficient (Wildman–Crippen LogP) is 3.97. The van der Waals surface area contributed by atoms with E-state index in [2.05, 4.69) is 4.72 Å². The van der Waals surface area contributed by atoms with Crippen molar-refractivity contribution in [2.75, 3.05) is 13.2 Å². The van der Waals surface area contributed by atoms with Crippen molar-refractivity contribution in [1.29, 1.82) is 0 Å². The zero-order valence-electron chi connectivity index (χ0n) is 12.8. The van der Waals surface area contributed by atoms with E-state index < -0.39 is 10.0 Å². The third-order valence-corrected chi connectivity index (χ3v) is 5.54. The van der Waals surface area contributed by atoms with Crippen LogP contribution in [0.3, 0.4) is 0 Å². The van der Waals surface area contributed by atoms with Gasteiger partial charge < -0.3 is 4.74 Å². The molecule has 0 atom stereocenters. The molecule has 0 spiro atoms. The highest BCUT2D eigenvalue weighted by Gasteiger charge is 2.14. The van der Waals surface area contributed by atoms with E-state index in [1.165, 1.54) is 12.1 Å². The van der Waals surface area contributed by atoms with Crippen LogP contribution in [-0.4, -0.2) is 21.6 Å². The van der Waals surface area contributed by atoms with Crippen LogP contribution in [0.5, 0.6) is 5.75 Å². The average Bonchev–Trinajstić information content (AvgIpc) is 2.50. The van der Waals surface area contributed by atoms with Gasteiger partial charge in [0.25, 0.3) is 0 Å². The Hall–Kier alpha value is -1.27. The van der Waals surface area contributed by atoms with Gasteiger partial charge in [-0.3, -0.25) is 0 Å². The van der Waals surface area contributed by atoms with Crippen molar-refractivity contribution < 1.29 is 13.2 Å². The van der Waals surface area contributed by atoms with Crippen LogP contribution in [-0.2, 0) is 10.0 Å². The first-order valence-corrected chi connectivity index (χ1v) is 9.18. The van der Waals surface area contributed by atoms with Gasteiger partial charge in [-0.15, -0.1) is 0 Å². The fraction of sp³-hybridized carbons (Fsp3) is 0.250. The fourth-order valence-electron chi connectivity index (χ4n) is 1.92. The molecule has 2 aromatic carbocycles. The van der Waals surface area contributed by atoms with Gasteiger partial charge in [0.15, 0.2) is 0 Å². The maximum atomic E-state index is 12.2. The Labute approximate surface area is 146 Å². The molecule has 0 heterocycles. The Morgan fingerprint density at radius 3 is 2.22 bits per heavy atom. The smallest absolute Gasteiger partial charge is 0.240 e. The number of benzene rings is 2. The Kier molecular flexibility index (Phi) is 5.92. The highest BCUT2D eigenvalue weighted by atomic mass is 35.5. The zero-order valence-corrected chi connectivity index (χ0v) is 15.1. The van der Waals surface area contributed by atoms with Crippen molar-refractivity contribution >= 4 is 33.2 Å². The van der Waals surface area contributed by atoms with Gasteiger partial charge in [0.1, 0.15) is 12.4 Å². The molecule has 2 aromatic rings. The molecule has 2 rings (SSSR count). The van der Waals surface area contributed by atoms with Crippen molar-refractivity contribution in [1.82, 2.24) is 4.72 Å². The van der Waals surface area contributed by atoms with Gasteiger partial charge in [-0.05, 0) is 61.4 Å². The van der Waals surface area contributed by atoms with E-state index in [1.54, 1.807) is 31.2 Å². The van der Waals surface area contributed by atoms with Gasteiger partial charge in [-0.1, -0.05) is 23.2 Å². The van der Waals surface area contributed by atoms with Gasteiger partial charge in [-0.25, -0.2) is 13.1 Å². The van der Waals surface area contributed by atoms with E-state index in [0.717, 1.165) is 5.56 Å². The van der Waals surface area contributed by atoms with Gasteiger partial charge in [0.05, 0.1) is 4.90 Å². The molecule has 0 aliphatic rings. The van der Waals surface area contributed by atoms with Crippen LogP contribution in [0.2, 0.25) is 10.0 Å². The van der Waals surface area contributed by atoms with E-state index in [9.17, 15) is 8.42 Å². The topological polar surface area (TPSA) is 55.4 Å². The fourth-order valence-corrected chi connectivity index (χ4v) is 3.25. The molecule has 0 saturated heterocycles. The van der Waals surface area contributed by atoms with Crippen molar-refractivity contribution in [3.8, 4) is 5.75 Å². The number of hydrogen-bond acceptors (Lipinski definition) is 3. The quantitative estimate of drug-likeness (QED) is 0.779. The summed E-state index contributed by atoms with van der Waals surface area (Å²) in [7, 11) is -3.58. The lowest BCUT2D eigenvalue weighted by atomic mass is 10.2. The standard InChI is InChI=1S/C16H17Cl2NO3S/c1-11-9-13(3-5-15(11)17)22-8-7-19-23(20,21)14-4-6-16(18)12(2)10-14/h3-6,9-10,19H,7-8H2,1-2H3. The van der Waals surface area contributed by atoms with E-state index in [0.29, 0.717) is 21.4 Å². The molecule has 0 aliphatic heterocycles. The molecule has 0 saturated carbocycles. The first-order chi connectivity index (χ1) is 10.8. The monoisotopic (exact) mass is 373 g/mol. The minimum absolute atomic E-state index is 0.158. The van der Waals surface area contributed by atoms with Crippen LogP contribution < -0.4 is 9.46 Å². The molecular weight excluding hydrogens is 357 g/mol. The number of rotatable bonds is 6. The summed E-state index contributed by atoms with van der Waals surface area (Å²) < 4.78 is 32.4. The predicted molar refractivity (Wildman–Crippen MR) is 93.1 cm³/mol. The number of ether oxygens (including phenoxy) is 1. The van der Waals surface area contributed by atoms with Crippen molar-refractivity contribution in [3.05, 3.63) is 57.6 Å². The maximum Gasteiger partial charge on any atom is 0.240 e. The van der Waals surface area contributed by atoms with Crippen LogP contribution in [0.4, 0.5) is 0 Å². The molecule has 7 heteroatoms. The van der Waals surface area contributed by atoms with Gasteiger partial charge in [0, 0.05) is 16.6 Å². The molecule has 23 heavy (non-hydrogen) atoms. The van der Waals surface area contributed by atoms with E-state index >= 15 is 0 Å². The average molecular weight is 374 g/mol. The third-order valence-electron chi connectivity index (χ3n) is 3.23. The van der Waals surface area contributed by atoms with Crippen LogP contribution in [0.15, 0.2) is 41.3 Å². The summed E-state index contributed by atoms with van der Waals surface area (Å²) in [5.74, 6) is 0.647. The second-order valence-electron chi connectivity index (χ2n) is 5.07. The Morgan fingerprint density at radius 2 is 1.61 bits per heavy atom. The van der Waals surface area contributed by atoms with Crippen molar-refractivity contribution in [2.45, 2.75) is 18.7 Å². The lowest BCUT2D eigenvalue weighted by Gasteiger charge is -2.10. The van der Waals surface area contributed by atoms with Gasteiger partial charge in [-0.2, -0.15) is 0 Å². The van der Waals surface area contributed by atoms with Crippen molar-refractivity contribution in [2.24, 2.45) is 0 Å². The third kappa shape index (κ3) is 4.85. The summed E-state index contributed by atoms with van der Waals surface area (Å²) in [6.45, 7) is 4.01. The molecule has 0 radical (unpaired) electrons. The van der Waals surface area contributed by atoms with E-state index in [4.69, 9.17) is 27.9 Å². The molecule has 1 N–H and O–H groups in total. The lowest BCUT2D eigenvalue weighted by Crippen LogP contribution is -2.28. The molecule has 0 fully saturated rings. The lowest BCUT2D eigenvalue weighted by molar-refractivity contribution is 0.322. The van der Waals surface area contributed by atoms with Crippen LogP contribution in [0.1, 0.15) is 11.1 Å². The molecule has 0 aliphatic carbocycles. The molecule has 0 amide bonds. The summed E-state index contributed by atoms with van der Waals surface area (Å²) in [5.41, 5.74) is 1.61. The van der Waals surface area contributed by atoms with E-state index in [1.807, 2.05) is 6.92 Å². The number of halogens is 2. The Morgan fingerprint density at radius 1 is 1.00 bits per heavy atom. The molecule has 0 unspecified atom stereocenters. The second kappa shape index (κ2) is 7.53. The molecule has 0 aromatic heterocycles. The summed E-state index contributed by atoms with van der Waals surface area (Å²) >= 11 is 11.8. The van der Waals surface area contributed by atoms with Crippen molar-refractivity contribution in [3.63, 3.8) is 0 Å². The Balaban J connectivity index is 1.92. The maximum absolute atomic E-state index is 12.2. The number of aryl methyl sites for hydroxylation is 2. The molecule has 124 valence electrons. The number of nitrogens with one attached hydrogen (secondary N) is 1. The van der Waals surface area contributed by atoms with Crippen LogP contribution in [0.25, 0.3) is 0 Å². The highest BCUT2D eigenvalue weighted by Crippen LogP contribution is 2.21. The normalized spacial score (nSPS) is 11.5. The summed E-state index contributed by atoms with van der Waals surface area (Å²) in [4.78, 5) is 0.182. The zero-order chi connectivity index (χ0) is 17.0. The largest absolute Gasteiger partial charge is 0.492 e. The number of hydrogen-bond donors (Lipinski definition) is 1. The molecule has 4 nitrogen and oxygen atoms in total. The summed E-state index contributed by atoms with van der Waals surface area (Å²) in [5, 5.41) is 1.20. The van der Waals surface area contributed by atoms with Crippen LogP contribution in [0, 0.1) is 13.8 Å². The number of sulfonamides is 1. The summed E-state index contributed by atoms with van der Waals surface area (Å²) in [6, 6.07) is 9.87. The van der Waals surface area contributed by atoms with Gasteiger partial charge >= 0.3 is 0 Å². The van der Waals surface area contributed by atoms with Crippen LogP contribution >= 0.6 is 23.2 Å². The van der Waals surface area contributed by atoms with E-state index in [-0.39, 0.29) is 18.0 Å². The Bertz CT molecular complexity index is 807. The SMILES string of the molecule is Cc1cc(OCCNS(=O)(=O)c2ccc(Cl)c(C)c2)ccc1Cl. The highest BCUT2D eigenvalue weighted by molar-refractivity contribution is 7.89. The minimum atomic E-state index is -3.58. The summed E-state index contributed by atoms with van der Waals surface area (Å²) in [6.07, 6.45) is 0. The minimum Gasteiger partial charge on any atom is -0.492 e. The first kappa shape index (κ1) is 18.1.